The van der Waals surface area contributed by atoms with Gasteiger partial charge in [0.1, 0.15) is 5.75 Å². The molecule has 4 heteroatoms. The van der Waals surface area contributed by atoms with Gasteiger partial charge in [0.15, 0.2) is 0 Å². The fraction of sp³-hybridized carbons (Fsp3) is 0.381. The van der Waals surface area contributed by atoms with E-state index in [-0.39, 0.29) is 0 Å². The molecule has 1 aliphatic rings. The number of aryl methyl sites for hydroxylation is 1. The molecule has 0 saturated carbocycles. The van der Waals surface area contributed by atoms with Crippen LogP contribution >= 0.6 is 0 Å². The highest BCUT2D eigenvalue weighted by atomic mass is 16.5. The molecule has 132 valence electrons. The molecule has 1 aliphatic heterocycles. The van der Waals surface area contributed by atoms with E-state index in [0.29, 0.717) is 6.42 Å². The van der Waals surface area contributed by atoms with Crippen LogP contribution in [0.1, 0.15) is 35.4 Å². The minimum atomic E-state index is -0.798. The summed E-state index contributed by atoms with van der Waals surface area (Å²) < 4.78 is 5.27. The van der Waals surface area contributed by atoms with Crippen molar-refractivity contribution in [3.63, 3.8) is 0 Å². The predicted molar refractivity (Wildman–Crippen MR) is 99.7 cm³/mol. The average Bonchev–Trinajstić information content (AvgIpc) is 3.14. The van der Waals surface area contributed by atoms with E-state index in [1.807, 2.05) is 25.1 Å². The van der Waals surface area contributed by atoms with E-state index in [9.17, 15) is 9.90 Å². The highest BCUT2D eigenvalue weighted by molar-refractivity contribution is 5.76. The molecule has 0 aromatic heterocycles. The number of nitrogens with zero attached hydrogens (tertiary/aromatic N) is 1. The van der Waals surface area contributed by atoms with E-state index >= 15 is 0 Å². The Balaban J connectivity index is 1.77. The van der Waals surface area contributed by atoms with Gasteiger partial charge in [0.2, 0.25) is 0 Å². The van der Waals surface area contributed by atoms with Crippen LogP contribution in [0.25, 0.3) is 0 Å². The van der Waals surface area contributed by atoms with Crippen molar-refractivity contribution < 1.29 is 14.6 Å². The van der Waals surface area contributed by atoms with E-state index in [1.165, 1.54) is 18.5 Å². The van der Waals surface area contributed by atoms with Gasteiger partial charge in [0.25, 0.3) is 0 Å². The molecule has 2 aromatic carbocycles. The summed E-state index contributed by atoms with van der Waals surface area (Å²) in [4.78, 5) is 14.2. The number of hydrogen-bond donors (Lipinski definition) is 1. The maximum Gasteiger partial charge on any atom is 0.311 e. The van der Waals surface area contributed by atoms with E-state index < -0.39 is 11.9 Å². The van der Waals surface area contributed by atoms with Crippen LogP contribution in [0.15, 0.2) is 42.5 Å². The second-order valence-corrected chi connectivity index (χ2v) is 6.68. The minimum Gasteiger partial charge on any atom is -0.496 e. The van der Waals surface area contributed by atoms with Crippen molar-refractivity contribution in [1.29, 1.82) is 0 Å². The van der Waals surface area contributed by atoms with Gasteiger partial charge in [-0.05, 0) is 61.1 Å². The predicted octanol–water partition coefficient (Wildman–Crippen LogP) is 4.01. The normalized spacial score (nSPS) is 15.2. The zero-order valence-corrected chi connectivity index (χ0v) is 14.9. The Morgan fingerprint density at radius 2 is 1.84 bits per heavy atom. The van der Waals surface area contributed by atoms with Gasteiger partial charge in [0, 0.05) is 18.8 Å². The minimum absolute atomic E-state index is 0.487. The molecule has 1 N–H and O–H groups in total. The molecule has 3 rings (SSSR count). The van der Waals surface area contributed by atoms with Crippen LogP contribution in [0.4, 0.5) is 5.69 Å². The fourth-order valence-electron chi connectivity index (χ4n) is 3.52. The number of carbonyl (C=O) groups is 1. The highest BCUT2D eigenvalue weighted by Crippen LogP contribution is 2.28. The zero-order chi connectivity index (χ0) is 17.8. The molecule has 2 aromatic rings. The second-order valence-electron chi connectivity index (χ2n) is 6.68. The lowest BCUT2D eigenvalue weighted by Crippen LogP contribution is -2.17. The number of hydrogen-bond acceptors (Lipinski definition) is 3. The quantitative estimate of drug-likeness (QED) is 0.864. The third-order valence-corrected chi connectivity index (χ3v) is 4.97. The monoisotopic (exact) mass is 339 g/mol. The van der Waals surface area contributed by atoms with Gasteiger partial charge in [0.05, 0.1) is 13.0 Å². The zero-order valence-electron chi connectivity index (χ0n) is 14.9. The lowest BCUT2D eigenvalue weighted by atomic mass is 9.91. The third kappa shape index (κ3) is 3.95. The molecule has 1 unspecified atom stereocenters. The number of rotatable bonds is 6. The van der Waals surface area contributed by atoms with E-state index in [1.54, 1.807) is 7.11 Å². The lowest BCUT2D eigenvalue weighted by molar-refractivity contribution is -0.138. The van der Waals surface area contributed by atoms with Gasteiger partial charge in [-0.25, -0.2) is 0 Å². The van der Waals surface area contributed by atoms with Crippen molar-refractivity contribution in [2.24, 2.45) is 0 Å². The molecular formula is C21H25NO3. The molecule has 0 bridgehead atoms. The van der Waals surface area contributed by atoms with Crippen molar-refractivity contribution in [3.8, 4) is 5.75 Å². The third-order valence-electron chi connectivity index (χ3n) is 4.97. The molecule has 0 aliphatic carbocycles. The van der Waals surface area contributed by atoms with Crippen molar-refractivity contribution >= 4 is 11.7 Å². The maximum absolute atomic E-state index is 11.8. The summed E-state index contributed by atoms with van der Waals surface area (Å²) in [5.41, 5.74) is 4.04. The molecule has 0 amide bonds. The summed E-state index contributed by atoms with van der Waals surface area (Å²) in [7, 11) is 1.62. The Bertz CT molecular complexity index is 733. The van der Waals surface area contributed by atoms with Gasteiger partial charge < -0.3 is 14.7 Å². The van der Waals surface area contributed by atoms with Gasteiger partial charge in [-0.1, -0.05) is 24.3 Å². The summed E-state index contributed by atoms with van der Waals surface area (Å²) in [6.45, 7) is 4.16. The first-order valence-corrected chi connectivity index (χ1v) is 8.79. The maximum atomic E-state index is 11.8. The highest BCUT2D eigenvalue weighted by Gasteiger charge is 2.21. The van der Waals surface area contributed by atoms with Crippen LogP contribution in [0.2, 0.25) is 0 Å². The van der Waals surface area contributed by atoms with Gasteiger partial charge in [-0.3, -0.25) is 4.79 Å². The number of benzene rings is 2. The first-order valence-electron chi connectivity index (χ1n) is 8.79. The number of anilines is 1. The molecule has 25 heavy (non-hydrogen) atoms. The number of carboxylic acids is 1. The smallest absolute Gasteiger partial charge is 0.311 e. The van der Waals surface area contributed by atoms with Crippen molar-refractivity contribution in [2.45, 2.75) is 32.1 Å². The molecule has 1 atom stereocenters. The van der Waals surface area contributed by atoms with Crippen LogP contribution < -0.4 is 9.64 Å². The second kappa shape index (κ2) is 7.60. The summed E-state index contributed by atoms with van der Waals surface area (Å²) in [5, 5.41) is 9.69. The summed E-state index contributed by atoms with van der Waals surface area (Å²) in [6.07, 6.45) is 2.99. The molecule has 0 spiro atoms. The Hall–Kier alpha value is -2.49. The van der Waals surface area contributed by atoms with Gasteiger partial charge in [-0.15, -0.1) is 0 Å². The first kappa shape index (κ1) is 17.3. The fourth-order valence-corrected chi connectivity index (χ4v) is 3.52. The summed E-state index contributed by atoms with van der Waals surface area (Å²) in [6, 6.07) is 13.9. The van der Waals surface area contributed by atoms with Crippen LogP contribution in [-0.2, 0) is 11.2 Å². The van der Waals surface area contributed by atoms with Gasteiger partial charge in [-0.2, -0.15) is 0 Å². The standard InChI is InChI=1S/C21H25NO3/c1-15-13-17(7-10-20(15)25-2)19(21(23)24)14-16-5-8-18(9-6-16)22-11-3-4-12-22/h5-10,13,19H,3-4,11-12,14H2,1-2H3,(H,23,24). The van der Waals surface area contributed by atoms with Crippen LogP contribution in [0, 0.1) is 6.92 Å². The molecule has 4 nitrogen and oxygen atoms in total. The Kier molecular flexibility index (Phi) is 5.27. The summed E-state index contributed by atoms with van der Waals surface area (Å²) >= 11 is 0. The molecule has 0 radical (unpaired) electrons. The van der Waals surface area contributed by atoms with E-state index in [2.05, 4.69) is 29.2 Å². The largest absolute Gasteiger partial charge is 0.496 e. The number of ether oxygens (including phenoxy) is 1. The van der Waals surface area contributed by atoms with E-state index in [4.69, 9.17) is 4.74 Å². The SMILES string of the molecule is COc1ccc(C(Cc2ccc(N3CCCC3)cc2)C(=O)O)cc1C. The van der Waals surface area contributed by atoms with Crippen molar-refractivity contribution in [3.05, 3.63) is 59.2 Å². The average molecular weight is 339 g/mol. The summed E-state index contributed by atoms with van der Waals surface area (Å²) in [5.74, 6) is -0.571. The Labute approximate surface area is 149 Å². The van der Waals surface area contributed by atoms with Crippen LogP contribution in [0.5, 0.6) is 5.75 Å². The van der Waals surface area contributed by atoms with Crippen LogP contribution in [0.3, 0.4) is 0 Å². The number of carboxylic acid groups (broad SMARTS) is 1. The lowest BCUT2D eigenvalue weighted by Gasteiger charge is -2.19. The first-order chi connectivity index (χ1) is 12.1. The van der Waals surface area contributed by atoms with Crippen molar-refractivity contribution in [2.75, 3.05) is 25.1 Å². The molecule has 1 saturated heterocycles. The van der Waals surface area contributed by atoms with Gasteiger partial charge >= 0.3 is 5.97 Å². The topological polar surface area (TPSA) is 49.8 Å². The van der Waals surface area contributed by atoms with Crippen molar-refractivity contribution in [1.82, 2.24) is 0 Å². The Morgan fingerprint density at radius 3 is 2.40 bits per heavy atom. The molecule has 1 fully saturated rings. The Morgan fingerprint density at radius 1 is 1.16 bits per heavy atom. The number of aliphatic carboxylic acids is 1. The van der Waals surface area contributed by atoms with Crippen LogP contribution in [-0.4, -0.2) is 31.3 Å². The molecular weight excluding hydrogens is 314 g/mol. The molecule has 1 heterocycles. The van der Waals surface area contributed by atoms with E-state index in [0.717, 1.165) is 35.5 Å². The number of methoxy groups -OCH3 is 1.